The highest BCUT2D eigenvalue weighted by atomic mass is 16.2. The van der Waals surface area contributed by atoms with Gasteiger partial charge < -0.3 is 15.6 Å². The molecule has 3 N–H and O–H groups in total. The van der Waals surface area contributed by atoms with Crippen molar-refractivity contribution in [1.82, 2.24) is 15.6 Å². The van der Waals surface area contributed by atoms with Gasteiger partial charge in [-0.15, -0.1) is 0 Å². The van der Waals surface area contributed by atoms with Gasteiger partial charge in [0.2, 0.25) is 11.8 Å². The number of rotatable bonds is 7. The monoisotopic (exact) mass is 403 g/mol. The average molecular weight is 404 g/mol. The summed E-state index contributed by atoms with van der Waals surface area (Å²) in [4.78, 5) is 28.2. The minimum absolute atomic E-state index is 0.0154. The Labute approximate surface area is 177 Å². The first-order valence-corrected chi connectivity index (χ1v) is 10.7. The standard InChI is InChI=1S/C25H29N3O2/c1-18(29)28-23(15-19-16-26-22-12-6-5-11-21(19)22)24(30)27-17-25(13-7-8-14-25)20-9-3-2-4-10-20/h2-6,9-12,16,23,26H,7-8,13-15,17H2,1H3,(H,27,30)(H,28,29). The molecule has 5 heteroatoms. The molecule has 1 fully saturated rings. The SMILES string of the molecule is CC(=O)NC(Cc1c[nH]c2ccccc12)C(=O)NCC1(c2ccccc2)CCCC1. The molecule has 30 heavy (non-hydrogen) atoms. The summed E-state index contributed by atoms with van der Waals surface area (Å²) in [5, 5.41) is 7.09. The molecule has 3 aromatic rings. The van der Waals surface area contributed by atoms with Crippen molar-refractivity contribution in [3.8, 4) is 0 Å². The number of amides is 2. The summed E-state index contributed by atoms with van der Waals surface area (Å²) in [6, 6.07) is 17.9. The van der Waals surface area contributed by atoms with Gasteiger partial charge in [0, 0.05) is 42.4 Å². The number of nitrogens with one attached hydrogen (secondary N) is 3. The molecular formula is C25H29N3O2. The zero-order valence-electron chi connectivity index (χ0n) is 17.4. The zero-order valence-corrected chi connectivity index (χ0v) is 17.4. The van der Waals surface area contributed by atoms with Crippen LogP contribution < -0.4 is 10.6 Å². The van der Waals surface area contributed by atoms with E-state index in [0.717, 1.165) is 29.3 Å². The molecule has 0 spiro atoms. The highest BCUT2D eigenvalue weighted by Crippen LogP contribution is 2.40. The second-order valence-electron chi connectivity index (χ2n) is 8.39. The Hall–Kier alpha value is -3.08. The minimum Gasteiger partial charge on any atom is -0.361 e. The molecule has 1 aliphatic rings. The Balaban J connectivity index is 1.50. The van der Waals surface area contributed by atoms with Crippen LogP contribution in [-0.2, 0) is 21.4 Å². The normalized spacial score (nSPS) is 16.3. The van der Waals surface area contributed by atoms with Crippen LogP contribution in [0.4, 0.5) is 0 Å². The van der Waals surface area contributed by atoms with Crippen molar-refractivity contribution in [1.29, 1.82) is 0 Å². The van der Waals surface area contributed by atoms with Gasteiger partial charge in [0.1, 0.15) is 6.04 Å². The first kappa shape index (κ1) is 20.2. The number of hydrogen-bond donors (Lipinski definition) is 3. The Morgan fingerprint density at radius 1 is 1.03 bits per heavy atom. The lowest BCUT2D eigenvalue weighted by atomic mass is 9.79. The molecule has 0 radical (unpaired) electrons. The number of fused-ring (bicyclic) bond motifs is 1. The molecule has 156 valence electrons. The third-order valence-corrected chi connectivity index (χ3v) is 6.34. The third kappa shape index (κ3) is 4.25. The van der Waals surface area contributed by atoms with Crippen LogP contribution in [0.15, 0.2) is 60.8 Å². The van der Waals surface area contributed by atoms with Gasteiger partial charge in [-0.3, -0.25) is 9.59 Å². The lowest BCUT2D eigenvalue weighted by molar-refractivity contribution is -0.128. The van der Waals surface area contributed by atoms with Gasteiger partial charge in [0.15, 0.2) is 0 Å². The van der Waals surface area contributed by atoms with E-state index in [1.165, 1.54) is 25.3 Å². The van der Waals surface area contributed by atoms with Gasteiger partial charge in [0.05, 0.1) is 0 Å². The molecule has 2 aromatic carbocycles. The first-order valence-electron chi connectivity index (χ1n) is 10.7. The van der Waals surface area contributed by atoms with Crippen molar-refractivity contribution in [2.75, 3.05) is 6.54 Å². The first-order chi connectivity index (χ1) is 14.6. The maximum Gasteiger partial charge on any atom is 0.242 e. The second-order valence-corrected chi connectivity index (χ2v) is 8.39. The summed E-state index contributed by atoms with van der Waals surface area (Å²) in [7, 11) is 0. The van der Waals surface area contributed by atoms with E-state index in [4.69, 9.17) is 0 Å². The molecule has 5 nitrogen and oxygen atoms in total. The molecule has 0 bridgehead atoms. The summed E-state index contributed by atoms with van der Waals surface area (Å²) in [5.74, 6) is -0.327. The van der Waals surface area contributed by atoms with Crippen LogP contribution in [0, 0.1) is 0 Å². The number of para-hydroxylation sites is 1. The number of aromatic amines is 1. The van der Waals surface area contributed by atoms with Crippen molar-refractivity contribution >= 4 is 22.7 Å². The van der Waals surface area contributed by atoms with Gasteiger partial charge in [-0.2, -0.15) is 0 Å². The van der Waals surface area contributed by atoms with Gasteiger partial charge in [-0.1, -0.05) is 61.4 Å². The van der Waals surface area contributed by atoms with Crippen LogP contribution >= 0.6 is 0 Å². The molecule has 1 atom stereocenters. The molecule has 2 amide bonds. The van der Waals surface area contributed by atoms with E-state index in [-0.39, 0.29) is 17.2 Å². The predicted octanol–water partition coefficient (Wildman–Crippen LogP) is 3.84. The molecular weight excluding hydrogens is 374 g/mol. The minimum atomic E-state index is -0.601. The summed E-state index contributed by atoms with van der Waals surface area (Å²) < 4.78 is 0. The maximum absolute atomic E-state index is 13.1. The zero-order chi connectivity index (χ0) is 21.0. The third-order valence-electron chi connectivity index (χ3n) is 6.34. The van der Waals surface area contributed by atoms with Gasteiger partial charge in [0.25, 0.3) is 0 Å². The highest BCUT2D eigenvalue weighted by Gasteiger charge is 2.36. The number of H-pyrrole nitrogens is 1. The van der Waals surface area contributed by atoms with Crippen LogP contribution in [0.1, 0.15) is 43.7 Å². The predicted molar refractivity (Wildman–Crippen MR) is 119 cm³/mol. The maximum atomic E-state index is 13.1. The van der Waals surface area contributed by atoms with Crippen molar-refractivity contribution in [2.45, 2.75) is 50.5 Å². The lowest BCUT2D eigenvalue weighted by Crippen LogP contribution is -2.50. The van der Waals surface area contributed by atoms with E-state index in [1.54, 1.807) is 0 Å². The molecule has 0 aliphatic heterocycles. The molecule has 1 saturated carbocycles. The van der Waals surface area contributed by atoms with Crippen LogP contribution in [0.2, 0.25) is 0 Å². The number of carbonyl (C=O) groups is 2. The van der Waals surface area contributed by atoms with Crippen LogP contribution in [0.25, 0.3) is 10.9 Å². The second kappa shape index (κ2) is 8.74. The van der Waals surface area contributed by atoms with Crippen molar-refractivity contribution in [2.24, 2.45) is 0 Å². The molecule has 4 rings (SSSR count). The smallest absolute Gasteiger partial charge is 0.242 e. The largest absolute Gasteiger partial charge is 0.361 e. The lowest BCUT2D eigenvalue weighted by Gasteiger charge is -2.31. The average Bonchev–Trinajstić information content (AvgIpc) is 3.40. The highest BCUT2D eigenvalue weighted by molar-refractivity contribution is 5.89. The summed E-state index contributed by atoms with van der Waals surface area (Å²) in [5.41, 5.74) is 3.33. The molecule has 0 saturated heterocycles. The van der Waals surface area contributed by atoms with E-state index >= 15 is 0 Å². The molecule has 1 aromatic heterocycles. The topological polar surface area (TPSA) is 74.0 Å². The Morgan fingerprint density at radius 3 is 2.47 bits per heavy atom. The van der Waals surface area contributed by atoms with Gasteiger partial charge in [-0.25, -0.2) is 0 Å². The molecule has 1 unspecified atom stereocenters. The fourth-order valence-electron chi connectivity index (χ4n) is 4.77. The van der Waals surface area contributed by atoms with Crippen molar-refractivity contribution in [3.63, 3.8) is 0 Å². The van der Waals surface area contributed by atoms with Crippen LogP contribution in [0.3, 0.4) is 0 Å². The van der Waals surface area contributed by atoms with E-state index in [9.17, 15) is 9.59 Å². The number of hydrogen-bond acceptors (Lipinski definition) is 2. The summed E-state index contributed by atoms with van der Waals surface area (Å²) in [6.07, 6.45) is 6.88. The van der Waals surface area contributed by atoms with E-state index in [1.807, 2.05) is 36.5 Å². The Morgan fingerprint density at radius 2 is 1.73 bits per heavy atom. The van der Waals surface area contributed by atoms with E-state index in [0.29, 0.717) is 13.0 Å². The van der Waals surface area contributed by atoms with Crippen molar-refractivity contribution in [3.05, 3.63) is 71.9 Å². The fraction of sp³-hybridized carbons (Fsp3) is 0.360. The van der Waals surface area contributed by atoms with Crippen molar-refractivity contribution < 1.29 is 9.59 Å². The van der Waals surface area contributed by atoms with Crippen LogP contribution in [0.5, 0.6) is 0 Å². The number of aromatic nitrogens is 1. The molecule has 1 aliphatic carbocycles. The number of carbonyl (C=O) groups excluding carboxylic acids is 2. The van der Waals surface area contributed by atoms with E-state index < -0.39 is 6.04 Å². The Bertz CT molecular complexity index is 1020. The van der Waals surface area contributed by atoms with Gasteiger partial charge >= 0.3 is 0 Å². The number of benzene rings is 2. The summed E-state index contributed by atoms with van der Waals surface area (Å²) >= 11 is 0. The molecule has 1 heterocycles. The van der Waals surface area contributed by atoms with Crippen LogP contribution in [-0.4, -0.2) is 29.4 Å². The quantitative estimate of drug-likeness (QED) is 0.561. The fourth-order valence-corrected chi connectivity index (χ4v) is 4.77. The van der Waals surface area contributed by atoms with E-state index in [2.05, 4.69) is 39.9 Å². The Kier molecular flexibility index (Phi) is 5.88. The van der Waals surface area contributed by atoms with Gasteiger partial charge in [-0.05, 0) is 30.0 Å². The summed E-state index contributed by atoms with van der Waals surface area (Å²) in [6.45, 7) is 2.05.